The second kappa shape index (κ2) is 5.46. The number of hydrogen-bond acceptors (Lipinski definition) is 2. The SMILES string of the molecule is [CH3][Ge]([CH3])([CH3])[c]1cccc2c1sc1ccnc(-c3ccccc3)c12. The molecule has 2 aromatic carbocycles. The Labute approximate surface area is 143 Å². The predicted octanol–water partition coefficient (Wildman–Crippen LogP) is 5.66. The van der Waals surface area contributed by atoms with E-state index in [1.54, 1.807) is 4.40 Å². The summed E-state index contributed by atoms with van der Waals surface area (Å²) in [6.07, 6.45) is 1.94. The van der Waals surface area contributed by atoms with E-state index in [0.717, 1.165) is 5.69 Å². The Morgan fingerprint density at radius 2 is 1.65 bits per heavy atom. The predicted molar refractivity (Wildman–Crippen MR) is 106 cm³/mol. The quantitative estimate of drug-likeness (QED) is 0.410. The number of benzene rings is 2. The third-order valence-electron chi connectivity index (χ3n) is 4.26. The van der Waals surface area contributed by atoms with Crippen molar-refractivity contribution in [3.63, 3.8) is 0 Å². The van der Waals surface area contributed by atoms with Crippen LogP contribution < -0.4 is 4.40 Å². The van der Waals surface area contributed by atoms with Gasteiger partial charge in [-0.3, -0.25) is 0 Å². The Balaban J connectivity index is 2.13. The van der Waals surface area contributed by atoms with Crippen LogP contribution >= 0.6 is 11.3 Å². The van der Waals surface area contributed by atoms with E-state index in [1.807, 2.05) is 17.5 Å². The molecular formula is C20H19GeNS. The van der Waals surface area contributed by atoms with E-state index in [1.165, 1.54) is 25.7 Å². The first-order chi connectivity index (χ1) is 11.1. The van der Waals surface area contributed by atoms with E-state index in [0.29, 0.717) is 0 Å². The van der Waals surface area contributed by atoms with Crippen molar-refractivity contribution in [2.75, 3.05) is 0 Å². The maximum atomic E-state index is 4.71. The van der Waals surface area contributed by atoms with Gasteiger partial charge in [-0.15, -0.1) is 0 Å². The molecule has 0 saturated heterocycles. The number of rotatable bonds is 2. The fourth-order valence-electron chi connectivity index (χ4n) is 3.15. The third-order valence-corrected chi connectivity index (χ3v) is 10.1. The van der Waals surface area contributed by atoms with Gasteiger partial charge in [0.2, 0.25) is 0 Å². The summed E-state index contributed by atoms with van der Waals surface area (Å²) >= 11 is 0.0361. The zero-order chi connectivity index (χ0) is 16.0. The van der Waals surface area contributed by atoms with Gasteiger partial charge in [0.15, 0.2) is 0 Å². The molecular weight excluding hydrogens is 359 g/mol. The van der Waals surface area contributed by atoms with Gasteiger partial charge in [-0.05, 0) is 0 Å². The molecule has 0 unspecified atom stereocenters. The zero-order valence-electron chi connectivity index (χ0n) is 13.6. The fraction of sp³-hybridized carbons (Fsp3) is 0.150. The van der Waals surface area contributed by atoms with Crippen LogP contribution in [0.1, 0.15) is 0 Å². The van der Waals surface area contributed by atoms with Crippen molar-refractivity contribution >= 4 is 49.2 Å². The second-order valence-electron chi connectivity index (χ2n) is 6.93. The van der Waals surface area contributed by atoms with E-state index < -0.39 is 13.3 Å². The van der Waals surface area contributed by atoms with Crippen LogP contribution in [0.15, 0.2) is 60.8 Å². The molecule has 0 aliphatic rings. The summed E-state index contributed by atoms with van der Waals surface area (Å²) in [5, 5.41) is 2.68. The standard InChI is InChI=1S/C20H19GeNS/c1-21(2,3)16-11-7-10-15-18-17(23-20(15)16)12-13-22-19(18)14-8-5-4-6-9-14/h4-13H,1-3H3. The van der Waals surface area contributed by atoms with Gasteiger partial charge in [0, 0.05) is 0 Å². The first kappa shape index (κ1) is 14.9. The number of thiophene rings is 1. The topological polar surface area (TPSA) is 12.9 Å². The first-order valence-corrected chi connectivity index (χ1v) is 16.1. The van der Waals surface area contributed by atoms with Crippen LogP contribution in [-0.2, 0) is 0 Å². The van der Waals surface area contributed by atoms with Crippen molar-refractivity contribution in [3.05, 3.63) is 60.8 Å². The molecule has 0 fully saturated rings. The van der Waals surface area contributed by atoms with Gasteiger partial charge in [-0.1, -0.05) is 0 Å². The van der Waals surface area contributed by atoms with Gasteiger partial charge >= 0.3 is 143 Å². The normalized spacial score (nSPS) is 12.1. The Morgan fingerprint density at radius 3 is 2.39 bits per heavy atom. The van der Waals surface area contributed by atoms with Crippen LogP contribution in [0, 0.1) is 0 Å². The zero-order valence-corrected chi connectivity index (χ0v) is 16.5. The number of nitrogens with zero attached hydrogens (tertiary/aromatic N) is 1. The van der Waals surface area contributed by atoms with Gasteiger partial charge in [0.1, 0.15) is 0 Å². The summed E-state index contributed by atoms with van der Waals surface area (Å²) in [7, 11) is 0. The monoisotopic (exact) mass is 379 g/mol. The minimum absolute atomic E-state index is 1.10. The molecule has 2 heterocycles. The van der Waals surface area contributed by atoms with Crippen LogP contribution in [0.2, 0.25) is 17.3 Å². The van der Waals surface area contributed by atoms with Crippen molar-refractivity contribution in [2.24, 2.45) is 0 Å². The van der Waals surface area contributed by atoms with E-state index in [-0.39, 0.29) is 0 Å². The molecule has 0 bridgehead atoms. The van der Waals surface area contributed by atoms with Crippen molar-refractivity contribution in [1.29, 1.82) is 0 Å². The average molecular weight is 378 g/mol. The molecule has 3 heteroatoms. The molecule has 0 aliphatic carbocycles. The molecule has 114 valence electrons. The van der Waals surface area contributed by atoms with Crippen molar-refractivity contribution in [2.45, 2.75) is 17.3 Å². The molecule has 0 saturated carbocycles. The van der Waals surface area contributed by atoms with Gasteiger partial charge in [0.05, 0.1) is 0 Å². The Morgan fingerprint density at radius 1 is 0.870 bits per heavy atom. The van der Waals surface area contributed by atoms with Crippen LogP contribution in [0.3, 0.4) is 0 Å². The van der Waals surface area contributed by atoms with E-state index >= 15 is 0 Å². The van der Waals surface area contributed by atoms with Gasteiger partial charge in [0.25, 0.3) is 0 Å². The van der Waals surface area contributed by atoms with Crippen LogP contribution in [0.4, 0.5) is 0 Å². The maximum absolute atomic E-state index is 4.71. The average Bonchev–Trinajstić information content (AvgIpc) is 2.93. The van der Waals surface area contributed by atoms with Crippen LogP contribution in [-0.4, -0.2) is 18.3 Å². The summed E-state index contributed by atoms with van der Waals surface area (Å²) in [5.74, 6) is 7.40. The number of hydrogen-bond donors (Lipinski definition) is 0. The Kier molecular flexibility index (Phi) is 3.54. The molecule has 0 N–H and O–H groups in total. The molecule has 1 nitrogen and oxygen atoms in total. The van der Waals surface area contributed by atoms with Crippen LogP contribution in [0.25, 0.3) is 31.4 Å². The van der Waals surface area contributed by atoms with E-state index in [2.05, 4.69) is 71.9 Å². The Bertz CT molecular complexity index is 997. The van der Waals surface area contributed by atoms with Crippen molar-refractivity contribution < 1.29 is 0 Å². The van der Waals surface area contributed by atoms with Crippen molar-refractivity contribution in [3.8, 4) is 11.3 Å². The molecule has 0 aliphatic heterocycles. The Hall–Kier alpha value is -1.65. The fourth-order valence-corrected chi connectivity index (χ4v) is 9.14. The summed E-state index contributed by atoms with van der Waals surface area (Å²) in [5.41, 5.74) is 2.30. The number of pyridine rings is 1. The molecule has 4 aromatic rings. The molecule has 4 rings (SSSR count). The second-order valence-corrected chi connectivity index (χ2v) is 18.6. The molecule has 23 heavy (non-hydrogen) atoms. The number of aromatic nitrogens is 1. The van der Waals surface area contributed by atoms with Gasteiger partial charge in [-0.2, -0.15) is 0 Å². The van der Waals surface area contributed by atoms with Gasteiger partial charge < -0.3 is 0 Å². The molecule has 0 amide bonds. The van der Waals surface area contributed by atoms with E-state index in [4.69, 9.17) is 4.98 Å². The third kappa shape index (κ3) is 2.50. The summed E-state index contributed by atoms with van der Waals surface area (Å²) in [6, 6.07) is 19.5. The van der Waals surface area contributed by atoms with Gasteiger partial charge in [-0.25, -0.2) is 0 Å². The summed E-state index contributed by atoms with van der Waals surface area (Å²) < 4.78 is 4.41. The molecule has 2 aromatic heterocycles. The van der Waals surface area contributed by atoms with E-state index in [9.17, 15) is 0 Å². The molecule has 0 spiro atoms. The van der Waals surface area contributed by atoms with Crippen molar-refractivity contribution in [1.82, 2.24) is 4.98 Å². The summed E-state index contributed by atoms with van der Waals surface area (Å²) in [6.45, 7) is 0. The first-order valence-electron chi connectivity index (χ1n) is 7.92. The summed E-state index contributed by atoms with van der Waals surface area (Å²) in [4.78, 5) is 4.71. The van der Waals surface area contributed by atoms with Crippen LogP contribution in [0.5, 0.6) is 0 Å². The molecule has 0 atom stereocenters. The number of fused-ring (bicyclic) bond motifs is 3. The molecule has 0 radical (unpaired) electrons. The minimum atomic E-state index is -1.89.